The highest BCUT2D eigenvalue weighted by Crippen LogP contribution is 2.31. The molecule has 1 heterocycles. The minimum absolute atomic E-state index is 0.892. The van der Waals surface area contributed by atoms with Gasteiger partial charge in [0.05, 0.1) is 5.69 Å². The summed E-state index contributed by atoms with van der Waals surface area (Å²) in [6, 6.07) is 0. The highest BCUT2D eigenvalue weighted by atomic mass is 79.9. The molecule has 1 aromatic heterocycles. The largest absolute Gasteiger partial charge is 0.357 e. The molecule has 0 radical (unpaired) electrons. The summed E-state index contributed by atoms with van der Waals surface area (Å²) in [5.41, 5.74) is 2.49. The first-order chi connectivity index (χ1) is 8.17. The third-order valence-electron chi connectivity index (χ3n) is 3.83. The first-order valence-electron chi connectivity index (χ1n) is 6.50. The van der Waals surface area contributed by atoms with Crippen LogP contribution in [0.3, 0.4) is 0 Å². The Kier molecular flexibility index (Phi) is 4.13. The van der Waals surface area contributed by atoms with Gasteiger partial charge in [0.25, 0.3) is 0 Å². The van der Waals surface area contributed by atoms with Gasteiger partial charge in [-0.3, -0.25) is 4.68 Å². The van der Waals surface area contributed by atoms with E-state index in [1.54, 1.807) is 0 Å². The van der Waals surface area contributed by atoms with Gasteiger partial charge in [0, 0.05) is 31.0 Å². The first kappa shape index (κ1) is 12.9. The van der Waals surface area contributed by atoms with E-state index in [1.165, 1.54) is 37.2 Å². The molecule has 0 unspecified atom stereocenters. The molecular weight excluding hydrogens is 278 g/mol. The van der Waals surface area contributed by atoms with Gasteiger partial charge in [0.15, 0.2) is 0 Å². The predicted octanol–water partition coefficient (Wildman–Crippen LogP) is 3.25. The quantitative estimate of drug-likeness (QED) is 0.778. The summed E-state index contributed by atoms with van der Waals surface area (Å²) in [5, 5.41) is 5.44. The molecule has 2 rings (SSSR count). The Hall–Kier alpha value is -0.510. The normalized spacial score (nSPS) is 16.0. The van der Waals surface area contributed by atoms with E-state index in [0.29, 0.717) is 0 Å². The third-order valence-corrected chi connectivity index (χ3v) is 4.39. The van der Waals surface area contributed by atoms with E-state index in [2.05, 4.69) is 46.8 Å². The van der Waals surface area contributed by atoms with Gasteiger partial charge in [-0.25, -0.2) is 0 Å². The fraction of sp³-hybridized carbons (Fsp3) is 0.769. The Labute approximate surface area is 112 Å². The second kappa shape index (κ2) is 5.42. The van der Waals surface area contributed by atoms with E-state index in [-0.39, 0.29) is 0 Å². The molecule has 1 fully saturated rings. The SMILES string of the molecule is CCN(CC1CCC1)c1c(CBr)c(C)nn1C. The number of aromatic nitrogens is 2. The van der Waals surface area contributed by atoms with Crippen LogP contribution in [0, 0.1) is 12.8 Å². The van der Waals surface area contributed by atoms with Gasteiger partial charge in [0.1, 0.15) is 5.82 Å². The number of anilines is 1. The van der Waals surface area contributed by atoms with E-state index >= 15 is 0 Å². The molecule has 1 aromatic rings. The van der Waals surface area contributed by atoms with Crippen molar-refractivity contribution in [3.8, 4) is 0 Å². The van der Waals surface area contributed by atoms with E-state index in [1.807, 2.05) is 4.68 Å². The van der Waals surface area contributed by atoms with E-state index < -0.39 is 0 Å². The number of hydrogen-bond acceptors (Lipinski definition) is 2. The molecule has 4 heteroatoms. The molecule has 0 saturated heterocycles. The van der Waals surface area contributed by atoms with Crippen LogP contribution in [-0.2, 0) is 12.4 Å². The van der Waals surface area contributed by atoms with Crippen molar-refractivity contribution < 1.29 is 0 Å². The standard InChI is InChI=1S/C13H22BrN3/c1-4-17(9-11-6-5-7-11)13-12(8-14)10(2)15-16(13)3/h11H,4-9H2,1-3H3. The Morgan fingerprint density at radius 1 is 1.47 bits per heavy atom. The van der Waals surface area contributed by atoms with Crippen molar-refractivity contribution >= 4 is 21.7 Å². The molecule has 1 aliphatic rings. The van der Waals surface area contributed by atoms with Gasteiger partial charge in [-0.1, -0.05) is 22.4 Å². The molecule has 0 bridgehead atoms. The lowest BCUT2D eigenvalue weighted by Gasteiger charge is -2.33. The number of halogens is 1. The van der Waals surface area contributed by atoms with Crippen molar-refractivity contribution in [1.29, 1.82) is 0 Å². The molecule has 96 valence electrons. The molecule has 0 aromatic carbocycles. The molecule has 1 saturated carbocycles. The minimum atomic E-state index is 0.892. The summed E-state index contributed by atoms with van der Waals surface area (Å²) in [6.07, 6.45) is 4.21. The van der Waals surface area contributed by atoms with Crippen LogP contribution >= 0.6 is 15.9 Å². The third kappa shape index (κ3) is 2.51. The summed E-state index contributed by atoms with van der Waals surface area (Å²) in [4.78, 5) is 2.49. The summed E-state index contributed by atoms with van der Waals surface area (Å²) in [5.74, 6) is 2.20. The maximum atomic E-state index is 4.55. The number of hydrogen-bond donors (Lipinski definition) is 0. The molecule has 17 heavy (non-hydrogen) atoms. The zero-order chi connectivity index (χ0) is 12.4. The van der Waals surface area contributed by atoms with E-state index in [0.717, 1.165) is 23.5 Å². The van der Waals surface area contributed by atoms with Crippen molar-refractivity contribution in [3.63, 3.8) is 0 Å². The fourth-order valence-corrected chi connectivity index (χ4v) is 3.25. The van der Waals surface area contributed by atoms with Crippen LogP contribution in [0.4, 0.5) is 5.82 Å². The summed E-state index contributed by atoms with van der Waals surface area (Å²) in [6.45, 7) is 6.58. The van der Waals surface area contributed by atoms with E-state index in [4.69, 9.17) is 0 Å². The van der Waals surface area contributed by atoms with Gasteiger partial charge in [0.2, 0.25) is 0 Å². The van der Waals surface area contributed by atoms with Crippen LogP contribution in [0.2, 0.25) is 0 Å². The van der Waals surface area contributed by atoms with Gasteiger partial charge in [-0.05, 0) is 32.6 Å². The van der Waals surface area contributed by atoms with Crippen molar-refractivity contribution in [2.24, 2.45) is 13.0 Å². The second-order valence-electron chi connectivity index (χ2n) is 4.98. The van der Waals surface area contributed by atoms with Crippen LogP contribution in [-0.4, -0.2) is 22.9 Å². The van der Waals surface area contributed by atoms with Gasteiger partial charge < -0.3 is 4.90 Å². The Morgan fingerprint density at radius 2 is 2.18 bits per heavy atom. The smallest absolute Gasteiger partial charge is 0.130 e. The maximum Gasteiger partial charge on any atom is 0.130 e. The average molecular weight is 300 g/mol. The van der Waals surface area contributed by atoms with Crippen molar-refractivity contribution in [2.45, 2.75) is 38.4 Å². The Bertz CT molecular complexity index is 382. The number of rotatable bonds is 5. The minimum Gasteiger partial charge on any atom is -0.357 e. The van der Waals surface area contributed by atoms with Crippen LogP contribution in [0.25, 0.3) is 0 Å². The molecule has 0 N–H and O–H groups in total. The number of alkyl halides is 1. The predicted molar refractivity (Wildman–Crippen MR) is 75.8 cm³/mol. The summed E-state index contributed by atoms with van der Waals surface area (Å²) >= 11 is 3.59. The Balaban J connectivity index is 2.22. The number of aryl methyl sites for hydroxylation is 2. The highest BCUT2D eigenvalue weighted by Gasteiger charge is 2.24. The zero-order valence-corrected chi connectivity index (χ0v) is 12.6. The zero-order valence-electron chi connectivity index (χ0n) is 11.0. The van der Waals surface area contributed by atoms with Gasteiger partial charge >= 0.3 is 0 Å². The van der Waals surface area contributed by atoms with Crippen LogP contribution < -0.4 is 4.90 Å². The highest BCUT2D eigenvalue weighted by molar-refractivity contribution is 9.08. The average Bonchev–Trinajstić information content (AvgIpc) is 2.52. The van der Waals surface area contributed by atoms with Gasteiger partial charge in [-0.2, -0.15) is 5.10 Å². The van der Waals surface area contributed by atoms with Crippen molar-refractivity contribution in [3.05, 3.63) is 11.3 Å². The van der Waals surface area contributed by atoms with Gasteiger partial charge in [-0.15, -0.1) is 0 Å². The van der Waals surface area contributed by atoms with E-state index in [9.17, 15) is 0 Å². The molecular formula is C13H22BrN3. The molecule has 0 aliphatic heterocycles. The second-order valence-corrected chi connectivity index (χ2v) is 5.54. The monoisotopic (exact) mass is 299 g/mol. The van der Waals surface area contributed by atoms with Crippen molar-refractivity contribution in [2.75, 3.05) is 18.0 Å². The van der Waals surface area contributed by atoms with Crippen LogP contribution in [0.15, 0.2) is 0 Å². The fourth-order valence-electron chi connectivity index (χ4n) is 2.59. The van der Waals surface area contributed by atoms with Crippen LogP contribution in [0.1, 0.15) is 37.4 Å². The maximum absolute atomic E-state index is 4.55. The molecule has 1 aliphatic carbocycles. The molecule has 0 atom stereocenters. The summed E-state index contributed by atoms with van der Waals surface area (Å²) in [7, 11) is 2.05. The Morgan fingerprint density at radius 3 is 2.65 bits per heavy atom. The van der Waals surface area contributed by atoms with Crippen molar-refractivity contribution in [1.82, 2.24) is 9.78 Å². The topological polar surface area (TPSA) is 21.1 Å². The molecule has 3 nitrogen and oxygen atoms in total. The lowest BCUT2D eigenvalue weighted by molar-refractivity contribution is 0.317. The number of nitrogens with zero attached hydrogens (tertiary/aromatic N) is 3. The first-order valence-corrected chi connectivity index (χ1v) is 7.62. The molecule has 0 spiro atoms. The molecule has 0 amide bonds. The lowest BCUT2D eigenvalue weighted by Crippen LogP contribution is -2.34. The van der Waals surface area contributed by atoms with Crippen LogP contribution in [0.5, 0.6) is 0 Å². The summed E-state index contributed by atoms with van der Waals surface area (Å²) < 4.78 is 2.04. The lowest BCUT2D eigenvalue weighted by atomic mass is 9.85.